The third-order valence-corrected chi connectivity index (χ3v) is 5.76. The Kier molecular flexibility index (Phi) is 6.38. The smallest absolute Gasteiger partial charge is 0.307 e. The van der Waals surface area contributed by atoms with Gasteiger partial charge in [-0.1, -0.05) is 37.3 Å². The van der Waals surface area contributed by atoms with Gasteiger partial charge in [-0.2, -0.15) is 5.26 Å². The molecule has 0 saturated carbocycles. The van der Waals surface area contributed by atoms with Gasteiger partial charge in [0, 0.05) is 6.42 Å². The van der Waals surface area contributed by atoms with Crippen LogP contribution in [0.25, 0.3) is 0 Å². The number of sulfone groups is 1. The topological polar surface area (TPSA) is 95.2 Å². The summed E-state index contributed by atoms with van der Waals surface area (Å²) in [6, 6.07) is 10.9. The quantitative estimate of drug-likeness (QED) is 0.741. The van der Waals surface area contributed by atoms with Gasteiger partial charge in [-0.3, -0.25) is 4.79 Å². The second-order valence-electron chi connectivity index (χ2n) is 4.98. The summed E-state index contributed by atoms with van der Waals surface area (Å²) in [6.45, 7) is 1.41. The van der Waals surface area contributed by atoms with Crippen LogP contribution in [-0.4, -0.2) is 30.5 Å². The third-order valence-electron chi connectivity index (χ3n) is 3.41. The number of rotatable bonds is 8. The first kappa shape index (κ1) is 17.2. The average Bonchev–Trinajstić information content (AvgIpc) is 2.45. The first-order valence-corrected chi connectivity index (χ1v) is 8.45. The van der Waals surface area contributed by atoms with Crippen molar-refractivity contribution in [2.24, 2.45) is 5.92 Å². The van der Waals surface area contributed by atoms with Gasteiger partial charge in [-0.25, -0.2) is 8.42 Å². The Morgan fingerprint density at radius 3 is 2.48 bits per heavy atom. The van der Waals surface area contributed by atoms with E-state index in [0.717, 1.165) is 5.56 Å². The van der Waals surface area contributed by atoms with Crippen molar-refractivity contribution in [3.8, 4) is 6.07 Å². The maximum atomic E-state index is 12.4. The number of carboxylic acid groups (broad SMARTS) is 1. The van der Waals surface area contributed by atoms with Crippen molar-refractivity contribution in [1.82, 2.24) is 0 Å². The second kappa shape index (κ2) is 7.79. The molecule has 1 unspecified atom stereocenters. The molecular weight excluding hydrogens is 290 g/mol. The standard InChI is InChI=1S/C15H19NO4S/c1-12(15(17)18)14(11-13-7-3-2-4-8-13)21(19,20)10-6-5-9-16/h2-4,7-8,12,14H,5-6,10-11H2,1H3,(H,17,18)/t12?,14-/m1/s1. The fraction of sp³-hybridized carbons (Fsp3) is 0.467. The Morgan fingerprint density at radius 2 is 1.95 bits per heavy atom. The zero-order valence-corrected chi connectivity index (χ0v) is 12.7. The van der Waals surface area contributed by atoms with Gasteiger partial charge in [-0.05, 0) is 18.4 Å². The van der Waals surface area contributed by atoms with Gasteiger partial charge in [-0.15, -0.1) is 0 Å². The van der Waals surface area contributed by atoms with Crippen molar-refractivity contribution in [2.45, 2.75) is 31.4 Å². The SMILES string of the molecule is CC(C(=O)O)[C@@H](Cc1ccccc1)S(=O)(=O)CCCC#N. The van der Waals surface area contributed by atoms with Crippen molar-refractivity contribution < 1.29 is 18.3 Å². The van der Waals surface area contributed by atoms with Gasteiger partial charge in [0.15, 0.2) is 9.84 Å². The molecule has 0 aliphatic heterocycles. The van der Waals surface area contributed by atoms with E-state index in [9.17, 15) is 13.2 Å². The molecule has 0 heterocycles. The molecule has 1 rings (SSSR count). The Labute approximate surface area is 125 Å². The first-order valence-electron chi connectivity index (χ1n) is 6.73. The predicted molar refractivity (Wildman–Crippen MR) is 79.4 cm³/mol. The van der Waals surface area contributed by atoms with E-state index >= 15 is 0 Å². The molecule has 114 valence electrons. The number of benzene rings is 1. The second-order valence-corrected chi connectivity index (χ2v) is 7.32. The lowest BCUT2D eigenvalue weighted by Gasteiger charge is -2.21. The summed E-state index contributed by atoms with van der Waals surface area (Å²) in [6.07, 6.45) is 0.554. The van der Waals surface area contributed by atoms with Gasteiger partial charge in [0.05, 0.1) is 23.0 Å². The molecule has 2 atom stereocenters. The Balaban J connectivity index is 2.97. The number of hydrogen-bond donors (Lipinski definition) is 1. The van der Waals surface area contributed by atoms with Crippen LogP contribution in [0.15, 0.2) is 30.3 Å². The molecule has 0 spiro atoms. The zero-order chi connectivity index (χ0) is 15.9. The third kappa shape index (κ3) is 5.20. The molecule has 1 N–H and O–H groups in total. The molecule has 6 heteroatoms. The maximum absolute atomic E-state index is 12.4. The fourth-order valence-corrected chi connectivity index (χ4v) is 4.16. The molecule has 0 amide bonds. The Bertz CT molecular complexity index is 604. The first-order chi connectivity index (χ1) is 9.88. The van der Waals surface area contributed by atoms with Gasteiger partial charge >= 0.3 is 5.97 Å². The number of unbranched alkanes of at least 4 members (excludes halogenated alkanes) is 1. The highest BCUT2D eigenvalue weighted by Crippen LogP contribution is 2.20. The molecule has 0 saturated heterocycles. The van der Waals surface area contributed by atoms with Crippen LogP contribution in [0.1, 0.15) is 25.3 Å². The van der Waals surface area contributed by atoms with E-state index in [0.29, 0.717) is 0 Å². The molecule has 1 aromatic rings. The molecule has 5 nitrogen and oxygen atoms in total. The largest absolute Gasteiger partial charge is 0.481 e. The number of nitriles is 1. The fourth-order valence-electron chi connectivity index (χ4n) is 2.12. The lowest BCUT2D eigenvalue weighted by molar-refractivity contribution is -0.141. The van der Waals surface area contributed by atoms with E-state index in [1.165, 1.54) is 6.92 Å². The van der Waals surface area contributed by atoms with Crippen molar-refractivity contribution in [2.75, 3.05) is 5.75 Å². The van der Waals surface area contributed by atoms with Crippen LogP contribution in [-0.2, 0) is 21.1 Å². The van der Waals surface area contributed by atoms with Crippen LogP contribution in [0.4, 0.5) is 0 Å². The molecule has 0 aromatic heterocycles. The monoisotopic (exact) mass is 309 g/mol. The van der Waals surface area contributed by atoms with Crippen LogP contribution < -0.4 is 0 Å². The normalized spacial score (nSPS) is 14.1. The molecule has 1 aromatic carbocycles. The van der Waals surface area contributed by atoms with E-state index in [-0.39, 0.29) is 25.0 Å². The summed E-state index contributed by atoms with van der Waals surface area (Å²) in [5.41, 5.74) is 0.791. The molecule has 0 fully saturated rings. The minimum absolute atomic E-state index is 0.152. The van der Waals surface area contributed by atoms with Crippen LogP contribution >= 0.6 is 0 Å². The minimum Gasteiger partial charge on any atom is -0.481 e. The molecule has 21 heavy (non-hydrogen) atoms. The average molecular weight is 309 g/mol. The van der Waals surface area contributed by atoms with Crippen molar-refractivity contribution in [1.29, 1.82) is 5.26 Å². The number of carbonyl (C=O) groups is 1. The summed E-state index contributed by atoms with van der Waals surface area (Å²) in [5.74, 6) is -2.27. The summed E-state index contributed by atoms with van der Waals surface area (Å²) in [7, 11) is -3.57. The van der Waals surface area contributed by atoms with Crippen LogP contribution in [0.3, 0.4) is 0 Å². The zero-order valence-electron chi connectivity index (χ0n) is 11.9. The lowest BCUT2D eigenvalue weighted by Crippen LogP contribution is -2.36. The van der Waals surface area contributed by atoms with E-state index in [1.54, 1.807) is 24.3 Å². The lowest BCUT2D eigenvalue weighted by atomic mass is 10.0. The summed E-state index contributed by atoms with van der Waals surface area (Å²) in [5, 5.41) is 16.7. The molecule has 0 aliphatic carbocycles. The van der Waals surface area contributed by atoms with Gasteiger partial charge in [0.1, 0.15) is 0 Å². The number of carboxylic acids is 1. The Hall–Kier alpha value is -1.87. The van der Waals surface area contributed by atoms with Crippen molar-refractivity contribution >= 4 is 15.8 Å². The Morgan fingerprint density at radius 1 is 1.33 bits per heavy atom. The highest BCUT2D eigenvalue weighted by Gasteiger charge is 2.34. The number of nitrogens with zero attached hydrogens (tertiary/aromatic N) is 1. The van der Waals surface area contributed by atoms with Gasteiger partial charge in [0.2, 0.25) is 0 Å². The van der Waals surface area contributed by atoms with E-state index in [4.69, 9.17) is 10.4 Å². The van der Waals surface area contributed by atoms with E-state index in [2.05, 4.69) is 0 Å². The van der Waals surface area contributed by atoms with Crippen molar-refractivity contribution in [3.63, 3.8) is 0 Å². The summed E-state index contributed by atoms with van der Waals surface area (Å²) in [4.78, 5) is 11.2. The van der Waals surface area contributed by atoms with Crippen LogP contribution in [0.2, 0.25) is 0 Å². The van der Waals surface area contributed by atoms with Gasteiger partial charge < -0.3 is 5.11 Å². The van der Waals surface area contributed by atoms with Gasteiger partial charge in [0.25, 0.3) is 0 Å². The minimum atomic E-state index is -3.57. The maximum Gasteiger partial charge on any atom is 0.307 e. The number of aliphatic carboxylic acids is 1. The molecule has 0 bridgehead atoms. The highest BCUT2D eigenvalue weighted by molar-refractivity contribution is 7.92. The highest BCUT2D eigenvalue weighted by atomic mass is 32.2. The molecule has 0 radical (unpaired) electrons. The molecule has 0 aliphatic rings. The van der Waals surface area contributed by atoms with E-state index in [1.807, 2.05) is 12.1 Å². The van der Waals surface area contributed by atoms with E-state index < -0.39 is 27.0 Å². The molecular formula is C15H19NO4S. The predicted octanol–water partition coefficient (Wildman–Crippen LogP) is 2.04. The van der Waals surface area contributed by atoms with Crippen LogP contribution in [0.5, 0.6) is 0 Å². The summed E-state index contributed by atoms with van der Waals surface area (Å²) >= 11 is 0. The van der Waals surface area contributed by atoms with Crippen molar-refractivity contribution in [3.05, 3.63) is 35.9 Å². The summed E-state index contributed by atoms with van der Waals surface area (Å²) < 4.78 is 24.8. The number of hydrogen-bond acceptors (Lipinski definition) is 4. The van der Waals surface area contributed by atoms with Crippen LogP contribution in [0, 0.1) is 17.2 Å².